The van der Waals surface area contributed by atoms with Crippen LogP contribution < -0.4 is 10.1 Å². The Balaban J connectivity index is 1.86. The third-order valence-corrected chi connectivity index (χ3v) is 3.99. The quantitative estimate of drug-likeness (QED) is 0.863. The number of aromatic nitrogens is 2. The number of nitrogens with zero attached hydrogens (tertiary/aromatic N) is 2. The summed E-state index contributed by atoms with van der Waals surface area (Å²) in [6.45, 7) is 0.607. The molecule has 8 nitrogen and oxygen atoms in total. The van der Waals surface area contributed by atoms with E-state index in [1.54, 1.807) is 24.3 Å². The number of anilines is 1. The zero-order valence-corrected chi connectivity index (χ0v) is 13.8. The van der Waals surface area contributed by atoms with E-state index in [0.29, 0.717) is 17.9 Å². The first kappa shape index (κ1) is 17.0. The fourth-order valence-electron chi connectivity index (χ4n) is 2.74. The molecule has 1 aromatic heterocycles. The number of carbonyl (C=O) groups is 2. The molecule has 2 N–H and O–H groups in total. The SMILES string of the molecule is COc1ccccc1C(=O)Nc1cn(C2CCCCO2)nc1C(=O)O. The van der Waals surface area contributed by atoms with Crippen molar-refractivity contribution in [2.24, 2.45) is 0 Å². The van der Waals surface area contributed by atoms with Crippen molar-refractivity contribution in [2.45, 2.75) is 25.5 Å². The molecule has 25 heavy (non-hydrogen) atoms. The number of benzene rings is 1. The van der Waals surface area contributed by atoms with Crippen molar-refractivity contribution in [3.63, 3.8) is 0 Å². The first-order valence-electron chi connectivity index (χ1n) is 7.98. The van der Waals surface area contributed by atoms with E-state index in [4.69, 9.17) is 9.47 Å². The smallest absolute Gasteiger partial charge is 0.358 e. The summed E-state index contributed by atoms with van der Waals surface area (Å²) in [4.78, 5) is 24.0. The number of hydrogen-bond donors (Lipinski definition) is 2. The van der Waals surface area contributed by atoms with Gasteiger partial charge in [-0.05, 0) is 31.4 Å². The molecule has 1 aliphatic heterocycles. The predicted octanol–water partition coefficient (Wildman–Crippen LogP) is 2.54. The molecule has 1 amide bonds. The van der Waals surface area contributed by atoms with Gasteiger partial charge in [0.15, 0.2) is 5.69 Å². The molecule has 1 unspecified atom stereocenters. The zero-order valence-electron chi connectivity index (χ0n) is 13.8. The predicted molar refractivity (Wildman–Crippen MR) is 89.0 cm³/mol. The van der Waals surface area contributed by atoms with Crippen molar-refractivity contribution in [3.8, 4) is 5.75 Å². The minimum Gasteiger partial charge on any atom is -0.496 e. The van der Waals surface area contributed by atoms with Gasteiger partial charge < -0.3 is 19.9 Å². The molecule has 0 aliphatic carbocycles. The monoisotopic (exact) mass is 345 g/mol. The molecule has 1 saturated heterocycles. The van der Waals surface area contributed by atoms with Gasteiger partial charge in [0.2, 0.25) is 0 Å². The maximum atomic E-state index is 12.5. The Morgan fingerprint density at radius 1 is 1.36 bits per heavy atom. The maximum Gasteiger partial charge on any atom is 0.358 e. The Bertz CT molecular complexity index is 780. The van der Waals surface area contributed by atoms with E-state index in [-0.39, 0.29) is 17.6 Å². The molecule has 0 spiro atoms. The highest BCUT2D eigenvalue weighted by Crippen LogP contribution is 2.26. The summed E-state index contributed by atoms with van der Waals surface area (Å²) in [5, 5.41) is 16.0. The van der Waals surface area contributed by atoms with Crippen molar-refractivity contribution in [1.82, 2.24) is 9.78 Å². The Kier molecular flexibility index (Phi) is 4.99. The number of carboxylic acid groups (broad SMARTS) is 1. The average Bonchev–Trinajstić information content (AvgIpc) is 3.06. The summed E-state index contributed by atoms with van der Waals surface area (Å²) in [6.07, 6.45) is 3.88. The number of hydrogen-bond acceptors (Lipinski definition) is 5. The molecule has 2 heterocycles. The Hall–Kier alpha value is -2.87. The van der Waals surface area contributed by atoms with Crippen LogP contribution in [0, 0.1) is 0 Å². The number of ether oxygens (including phenoxy) is 2. The first-order valence-corrected chi connectivity index (χ1v) is 7.98. The first-order chi connectivity index (χ1) is 12.1. The number of aromatic carboxylic acids is 1. The minimum atomic E-state index is -1.22. The fourth-order valence-corrected chi connectivity index (χ4v) is 2.74. The number of amides is 1. The summed E-state index contributed by atoms with van der Waals surface area (Å²) >= 11 is 0. The number of carboxylic acids is 1. The van der Waals surface area contributed by atoms with Crippen LogP contribution in [-0.2, 0) is 4.74 Å². The largest absolute Gasteiger partial charge is 0.496 e. The minimum absolute atomic E-state index is 0.123. The van der Waals surface area contributed by atoms with Gasteiger partial charge in [-0.3, -0.25) is 4.79 Å². The van der Waals surface area contributed by atoms with Gasteiger partial charge in [-0.15, -0.1) is 0 Å². The van der Waals surface area contributed by atoms with E-state index in [0.717, 1.165) is 19.3 Å². The van der Waals surface area contributed by atoms with Crippen LogP contribution >= 0.6 is 0 Å². The lowest BCUT2D eigenvalue weighted by Crippen LogP contribution is -2.19. The molecule has 1 aliphatic rings. The highest BCUT2D eigenvalue weighted by Gasteiger charge is 2.24. The van der Waals surface area contributed by atoms with E-state index >= 15 is 0 Å². The van der Waals surface area contributed by atoms with Crippen LogP contribution in [0.5, 0.6) is 5.75 Å². The second kappa shape index (κ2) is 7.35. The van der Waals surface area contributed by atoms with E-state index < -0.39 is 11.9 Å². The summed E-state index contributed by atoms with van der Waals surface area (Å²) in [7, 11) is 1.47. The number of rotatable bonds is 5. The van der Waals surface area contributed by atoms with Crippen LogP contribution in [0.2, 0.25) is 0 Å². The number of carbonyl (C=O) groups excluding carboxylic acids is 1. The Morgan fingerprint density at radius 3 is 2.84 bits per heavy atom. The summed E-state index contributed by atoms with van der Waals surface area (Å²) < 4.78 is 12.2. The lowest BCUT2D eigenvalue weighted by molar-refractivity contribution is -0.0396. The zero-order chi connectivity index (χ0) is 17.8. The van der Waals surface area contributed by atoms with Gasteiger partial charge in [-0.2, -0.15) is 5.10 Å². The molecule has 0 saturated carbocycles. The molecular weight excluding hydrogens is 326 g/mol. The number of methoxy groups -OCH3 is 1. The molecule has 132 valence electrons. The summed E-state index contributed by atoms with van der Waals surface area (Å²) in [6, 6.07) is 6.71. The summed E-state index contributed by atoms with van der Waals surface area (Å²) in [5.74, 6) is -1.28. The van der Waals surface area contributed by atoms with Gasteiger partial charge in [0, 0.05) is 6.61 Å². The van der Waals surface area contributed by atoms with E-state index in [9.17, 15) is 14.7 Å². The van der Waals surface area contributed by atoms with Crippen LogP contribution in [0.25, 0.3) is 0 Å². The van der Waals surface area contributed by atoms with Gasteiger partial charge in [0.1, 0.15) is 12.0 Å². The van der Waals surface area contributed by atoms with Gasteiger partial charge in [0.05, 0.1) is 24.6 Å². The molecule has 3 rings (SSSR count). The van der Waals surface area contributed by atoms with Crippen molar-refractivity contribution >= 4 is 17.6 Å². The standard InChI is InChI=1S/C17H19N3O5/c1-24-13-7-3-2-6-11(13)16(21)18-12-10-20(19-15(12)17(22)23)14-8-4-5-9-25-14/h2-3,6-7,10,14H,4-5,8-9H2,1H3,(H,18,21)(H,22,23). The van der Waals surface area contributed by atoms with E-state index in [1.807, 2.05) is 0 Å². The van der Waals surface area contributed by atoms with Crippen molar-refractivity contribution in [3.05, 3.63) is 41.7 Å². The molecule has 0 radical (unpaired) electrons. The highest BCUT2D eigenvalue weighted by atomic mass is 16.5. The Morgan fingerprint density at radius 2 is 2.16 bits per heavy atom. The van der Waals surface area contributed by atoms with Crippen molar-refractivity contribution in [2.75, 3.05) is 19.0 Å². The fraction of sp³-hybridized carbons (Fsp3) is 0.353. The molecule has 1 atom stereocenters. The number of nitrogens with one attached hydrogen (secondary N) is 1. The van der Waals surface area contributed by atoms with Crippen LogP contribution in [-0.4, -0.2) is 40.5 Å². The normalized spacial score (nSPS) is 17.1. The van der Waals surface area contributed by atoms with E-state index in [2.05, 4.69) is 10.4 Å². The number of para-hydroxylation sites is 1. The second-order valence-electron chi connectivity index (χ2n) is 5.65. The van der Waals surface area contributed by atoms with Gasteiger partial charge in [0.25, 0.3) is 5.91 Å². The lowest BCUT2D eigenvalue weighted by atomic mass is 10.2. The topological polar surface area (TPSA) is 103 Å². The van der Waals surface area contributed by atoms with Crippen LogP contribution in [0.1, 0.15) is 46.3 Å². The third-order valence-electron chi connectivity index (χ3n) is 3.99. The van der Waals surface area contributed by atoms with Crippen LogP contribution in [0.3, 0.4) is 0 Å². The molecule has 0 bridgehead atoms. The van der Waals surface area contributed by atoms with Gasteiger partial charge in [-0.1, -0.05) is 12.1 Å². The molecule has 1 fully saturated rings. The molecule has 2 aromatic rings. The molecular formula is C17H19N3O5. The van der Waals surface area contributed by atoms with Crippen LogP contribution in [0.15, 0.2) is 30.5 Å². The van der Waals surface area contributed by atoms with Gasteiger partial charge >= 0.3 is 5.97 Å². The third kappa shape index (κ3) is 3.63. The second-order valence-corrected chi connectivity index (χ2v) is 5.65. The molecule has 1 aromatic carbocycles. The average molecular weight is 345 g/mol. The lowest BCUT2D eigenvalue weighted by Gasteiger charge is -2.22. The van der Waals surface area contributed by atoms with Gasteiger partial charge in [-0.25, -0.2) is 9.48 Å². The van der Waals surface area contributed by atoms with Crippen molar-refractivity contribution < 1.29 is 24.2 Å². The maximum absolute atomic E-state index is 12.5. The van der Waals surface area contributed by atoms with Crippen LogP contribution in [0.4, 0.5) is 5.69 Å². The van der Waals surface area contributed by atoms with Crippen molar-refractivity contribution in [1.29, 1.82) is 0 Å². The highest BCUT2D eigenvalue weighted by molar-refractivity contribution is 6.08. The Labute approximate surface area is 144 Å². The van der Waals surface area contributed by atoms with E-state index in [1.165, 1.54) is 18.0 Å². The molecule has 8 heteroatoms. The summed E-state index contributed by atoms with van der Waals surface area (Å²) in [5.41, 5.74) is 0.206.